The minimum absolute atomic E-state index is 0.00451. The molecule has 0 spiro atoms. The molecule has 0 radical (unpaired) electrons. The molecule has 1 atom stereocenters. The summed E-state index contributed by atoms with van der Waals surface area (Å²) in [6.45, 7) is 7.92. The van der Waals surface area contributed by atoms with E-state index in [4.69, 9.17) is 4.74 Å². The Labute approximate surface area is 126 Å². The van der Waals surface area contributed by atoms with E-state index in [2.05, 4.69) is 30.5 Å². The quantitative estimate of drug-likeness (QED) is 0.771. The molecule has 116 valence electrons. The zero-order chi connectivity index (χ0) is 15.1. The Bertz CT molecular complexity index is 465. The number of para-hydroxylation sites is 1. The molecule has 1 fully saturated rings. The summed E-state index contributed by atoms with van der Waals surface area (Å²) in [5.74, 6) is 0.896. The number of carbonyl (C=O) groups is 1. The van der Waals surface area contributed by atoms with Gasteiger partial charge in [0.2, 0.25) is 0 Å². The second-order valence-corrected chi connectivity index (χ2v) is 5.28. The molecule has 1 saturated heterocycles. The van der Waals surface area contributed by atoms with E-state index in [0.29, 0.717) is 13.2 Å². The Hall–Kier alpha value is -1.75. The predicted molar refractivity (Wildman–Crippen MR) is 83.6 cm³/mol. The molecular weight excluding hydrogens is 266 g/mol. The number of urea groups is 1. The molecular formula is C16H25N3O2. The first kappa shape index (κ1) is 15.6. The second-order valence-electron chi connectivity index (χ2n) is 5.28. The van der Waals surface area contributed by atoms with E-state index >= 15 is 0 Å². The number of benzene rings is 1. The first-order valence-corrected chi connectivity index (χ1v) is 7.70. The molecule has 1 unspecified atom stereocenters. The van der Waals surface area contributed by atoms with Crippen molar-refractivity contribution in [2.45, 2.75) is 26.3 Å². The van der Waals surface area contributed by atoms with E-state index in [-0.39, 0.29) is 12.1 Å². The second kappa shape index (κ2) is 7.88. The van der Waals surface area contributed by atoms with Gasteiger partial charge in [-0.05, 0) is 26.0 Å². The first-order chi connectivity index (χ1) is 10.2. The lowest BCUT2D eigenvalue weighted by Gasteiger charge is -2.19. The lowest BCUT2D eigenvalue weighted by molar-refractivity contribution is 0.202. The molecule has 2 N–H and O–H groups in total. The van der Waals surface area contributed by atoms with Crippen LogP contribution in [0.2, 0.25) is 0 Å². The van der Waals surface area contributed by atoms with Crippen molar-refractivity contribution in [3.8, 4) is 5.75 Å². The standard InChI is InChI=1S/C16H25N3O2/c1-3-8-17-13(2)14-6-4-5-7-15(14)21-12-11-19-10-9-18-16(19)20/h4-7,13,17H,3,8-12H2,1-2H3,(H,18,20). The van der Waals surface area contributed by atoms with Gasteiger partial charge in [-0.15, -0.1) is 0 Å². The summed E-state index contributed by atoms with van der Waals surface area (Å²) in [7, 11) is 0. The third-order valence-corrected chi connectivity index (χ3v) is 3.65. The predicted octanol–water partition coefficient (Wildman–Crippen LogP) is 2.15. The average molecular weight is 291 g/mol. The highest BCUT2D eigenvalue weighted by Crippen LogP contribution is 2.24. The number of nitrogens with zero attached hydrogens (tertiary/aromatic N) is 1. The minimum Gasteiger partial charge on any atom is -0.491 e. The third-order valence-electron chi connectivity index (χ3n) is 3.65. The fourth-order valence-corrected chi connectivity index (χ4v) is 2.43. The van der Waals surface area contributed by atoms with Crippen LogP contribution < -0.4 is 15.4 Å². The van der Waals surface area contributed by atoms with Crippen LogP contribution in [0.5, 0.6) is 5.75 Å². The molecule has 5 nitrogen and oxygen atoms in total. The lowest BCUT2D eigenvalue weighted by atomic mass is 10.1. The number of nitrogens with one attached hydrogen (secondary N) is 2. The molecule has 5 heteroatoms. The number of rotatable bonds is 8. The van der Waals surface area contributed by atoms with Crippen LogP contribution in [0.25, 0.3) is 0 Å². The van der Waals surface area contributed by atoms with Crippen molar-refractivity contribution in [2.24, 2.45) is 0 Å². The Morgan fingerprint density at radius 2 is 2.24 bits per heavy atom. The fraction of sp³-hybridized carbons (Fsp3) is 0.562. The first-order valence-electron chi connectivity index (χ1n) is 7.70. The Balaban J connectivity index is 1.88. The van der Waals surface area contributed by atoms with Gasteiger partial charge in [-0.3, -0.25) is 0 Å². The SMILES string of the molecule is CCCNC(C)c1ccccc1OCCN1CCNC1=O. The summed E-state index contributed by atoms with van der Waals surface area (Å²) in [6, 6.07) is 8.35. The maximum absolute atomic E-state index is 11.5. The summed E-state index contributed by atoms with van der Waals surface area (Å²) in [5.41, 5.74) is 1.16. The normalized spacial score (nSPS) is 15.9. The highest BCUT2D eigenvalue weighted by atomic mass is 16.5. The Morgan fingerprint density at radius 1 is 1.43 bits per heavy atom. The summed E-state index contributed by atoms with van der Waals surface area (Å²) in [6.07, 6.45) is 1.11. The van der Waals surface area contributed by atoms with Crippen LogP contribution in [0, 0.1) is 0 Å². The van der Waals surface area contributed by atoms with Crippen LogP contribution in [0.3, 0.4) is 0 Å². The van der Waals surface area contributed by atoms with Crippen molar-refractivity contribution >= 4 is 6.03 Å². The van der Waals surface area contributed by atoms with E-state index in [9.17, 15) is 4.79 Å². The number of ether oxygens (including phenoxy) is 1. The van der Waals surface area contributed by atoms with Gasteiger partial charge in [0.05, 0.1) is 6.54 Å². The zero-order valence-corrected chi connectivity index (χ0v) is 12.9. The van der Waals surface area contributed by atoms with Crippen LogP contribution >= 0.6 is 0 Å². The van der Waals surface area contributed by atoms with E-state index in [1.165, 1.54) is 0 Å². The van der Waals surface area contributed by atoms with E-state index in [0.717, 1.165) is 37.4 Å². The zero-order valence-electron chi connectivity index (χ0n) is 12.9. The van der Waals surface area contributed by atoms with Gasteiger partial charge < -0.3 is 20.3 Å². The topological polar surface area (TPSA) is 53.6 Å². The largest absolute Gasteiger partial charge is 0.491 e. The van der Waals surface area contributed by atoms with Crippen LogP contribution in [0.4, 0.5) is 4.79 Å². The molecule has 1 aromatic carbocycles. The maximum Gasteiger partial charge on any atom is 0.317 e. The van der Waals surface area contributed by atoms with Crippen LogP contribution in [-0.2, 0) is 0 Å². The number of hydrogen-bond acceptors (Lipinski definition) is 3. The van der Waals surface area contributed by atoms with Crippen molar-refractivity contribution in [1.82, 2.24) is 15.5 Å². The summed E-state index contributed by atoms with van der Waals surface area (Å²) < 4.78 is 5.89. The summed E-state index contributed by atoms with van der Waals surface area (Å²) >= 11 is 0. The number of amides is 2. The number of carbonyl (C=O) groups excluding carboxylic acids is 1. The molecule has 2 rings (SSSR count). The molecule has 0 aliphatic carbocycles. The van der Waals surface area contributed by atoms with E-state index in [1.807, 2.05) is 18.2 Å². The van der Waals surface area contributed by atoms with Gasteiger partial charge in [-0.2, -0.15) is 0 Å². The maximum atomic E-state index is 11.5. The van der Waals surface area contributed by atoms with Gasteiger partial charge in [0.15, 0.2) is 0 Å². The van der Waals surface area contributed by atoms with Gasteiger partial charge >= 0.3 is 6.03 Å². The molecule has 1 aliphatic rings. The summed E-state index contributed by atoms with van der Waals surface area (Å²) in [5, 5.41) is 6.27. The van der Waals surface area contributed by atoms with Crippen LogP contribution in [0.15, 0.2) is 24.3 Å². The van der Waals surface area contributed by atoms with Crippen molar-refractivity contribution in [3.63, 3.8) is 0 Å². The fourth-order valence-electron chi connectivity index (χ4n) is 2.43. The third kappa shape index (κ3) is 4.36. The van der Waals surface area contributed by atoms with Crippen molar-refractivity contribution < 1.29 is 9.53 Å². The highest BCUT2D eigenvalue weighted by molar-refractivity contribution is 5.76. The Morgan fingerprint density at radius 3 is 2.95 bits per heavy atom. The number of hydrogen-bond donors (Lipinski definition) is 2. The van der Waals surface area contributed by atoms with Crippen molar-refractivity contribution in [1.29, 1.82) is 0 Å². The molecule has 21 heavy (non-hydrogen) atoms. The molecule has 0 saturated carbocycles. The van der Waals surface area contributed by atoms with E-state index < -0.39 is 0 Å². The van der Waals surface area contributed by atoms with Gasteiger partial charge in [-0.1, -0.05) is 25.1 Å². The monoisotopic (exact) mass is 291 g/mol. The molecule has 1 heterocycles. The lowest BCUT2D eigenvalue weighted by Crippen LogP contribution is -2.32. The molecule has 2 amide bonds. The molecule has 1 aromatic rings. The van der Waals surface area contributed by atoms with Crippen molar-refractivity contribution in [3.05, 3.63) is 29.8 Å². The Kier molecular flexibility index (Phi) is 5.87. The van der Waals surface area contributed by atoms with Crippen LogP contribution in [-0.4, -0.2) is 43.7 Å². The summed E-state index contributed by atoms with van der Waals surface area (Å²) in [4.78, 5) is 13.2. The van der Waals surface area contributed by atoms with E-state index in [1.54, 1.807) is 4.90 Å². The highest BCUT2D eigenvalue weighted by Gasteiger charge is 2.19. The smallest absolute Gasteiger partial charge is 0.317 e. The average Bonchev–Trinajstić information content (AvgIpc) is 2.91. The van der Waals surface area contributed by atoms with Crippen LogP contribution in [0.1, 0.15) is 31.9 Å². The molecule has 0 bridgehead atoms. The van der Waals surface area contributed by atoms with Gasteiger partial charge in [0, 0.05) is 24.7 Å². The molecule has 1 aliphatic heterocycles. The minimum atomic E-state index is 0.00451. The van der Waals surface area contributed by atoms with Crippen molar-refractivity contribution in [2.75, 3.05) is 32.8 Å². The molecule has 0 aromatic heterocycles. The van der Waals surface area contributed by atoms with Gasteiger partial charge in [-0.25, -0.2) is 4.79 Å². The van der Waals surface area contributed by atoms with Gasteiger partial charge in [0.25, 0.3) is 0 Å². The van der Waals surface area contributed by atoms with Gasteiger partial charge in [0.1, 0.15) is 12.4 Å².